The Morgan fingerprint density at radius 2 is 1.59 bits per heavy atom. The van der Waals surface area contributed by atoms with Crippen LogP contribution in [0.2, 0.25) is 0 Å². The van der Waals surface area contributed by atoms with Crippen LogP contribution in [0.5, 0.6) is 5.75 Å². The zero-order valence-electron chi connectivity index (χ0n) is 8.81. The predicted molar refractivity (Wildman–Crippen MR) is 61.8 cm³/mol. The zero-order chi connectivity index (χ0) is 12.9. The van der Waals surface area contributed by atoms with Gasteiger partial charge in [0, 0.05) is 11.8 Å². The Morgan fingerprint density at radius 1 is 1.06 bits per heavy atom. The van der Waals surface area contributed by atoms with Crippen molar-refractivity contribution >= 4 is 23.2 Å². The first-order valence-corrected chi connectivity index (χ1v) is 5.98. The van der Waals surface area contributed by atoms with Gasteiger partial charge in [0.15, 0.2) is 0 Å². The van der Waals surface area contributed by atoms with Gasteiger partial charge in [-0.3, -0.25) is 0 Å². The lowest BCUT2D eigenvalue weighted by atomic mass is 10.0. The minimum atomic E-state index is -4.66. The van der Waals surface area contributed by atoms with Crippen molar-refractivity contribution in [3.05, 3.63) is 29.8 Å². The van der Waals surface area contributed by atoms with Gasteiger partial charge in [0.05, 0.1) is 0 Å². The molecule has 0 fully saturated rings. The third kappa shape index (κ3) is 5.50. The summed E-state index contributed by atoms with van der Waals surface area (Å²) in [5.41, 5.74) is 0.880. The van der Waals surface area contributed by atoms with Crippen molar-refractivity contribution in [1.29, 1.82) is 0 Å². The monoisotopic (exact) mass is 286 g/mol. The quantitative estimate of drug-likeness (QED) is 0.737. The summed E-state index contributed by atoms with van der Waals surface area (Å²) in [7, 11) is 0. The molecule has 0 saturated heterocycles. The van der Waals surface area contributed by atoms with Gasteiger partial charge in [0.2, 0.25) is 0 Å². The van der Waals surface area contributed by atoms with E-state index in [0.717, 1.165) is 5.56 Å². The molecule has 0 radical (unpaired) electrons. The fourth-order valence-corrected chi connectivity index (χ4v) is 1.86. The Labute approximate surface area is 107 Å². The minimum absolute atomic E-state index is 0.118. The highest BCUT2D eigenvalue weighted by Gasteiger charge is 2.30. The summed E-state index contributed by atoms with van der Waals surface area (Å²) in [5, 5.41) is 0. The van der Waals surface area contributed by atoms with E-state index in [1.54, 1.807) is 12.1 Å². The fraction of sp³-hybridized carbons (Fsp3) is 0.455. The normalized spacial score (nSPS) is 11.9. The van der Waals surface area contributed by atoms with Gasteiger partial charge in [-0.25, -0.2) is 0 Å². The number of benzene rings is 1. The molecule has 0 unspecified atom stereocenters. The molecular formula is C11H11Cl2F3O. The van der Waals surface area contributed by atoms with Crippen LogP contribution in [0.3, 0.4) is 0 Å². The maximum atomic E-state index is 11.9. The van der Waals surface area contributed by atoms with Gasteiger partial charge in [-0.15, -0.1) is 36.4 Å². The Balaban J connectivity index is 2.62. The molecule has 0 spiro atoms. The molecule has 1 rings (SSSR count). The van der Waals surface area contributed by atoms with Crippen LogP contribution < -0.4 is 4.74 Å². The number of hydrogen-bond donors (Lipinski definition) is 0. The molecule has 0 bridgehead atoms. The van der Waals surface area contributed by atoms with Crippen LogP contribution in [0.4, 0.5) is 13.2 Å². The molecule has 1 aromatic carbocycles. The fourth-order valence-electron chi connectivity index (χ4n) is 1.31. The molecule has 17 heavy (non-hydrogen) atoms. The largest absolute Gasteiger partial charge is 0.573 e. The molecule has 0 heterocycles. The summed E-state index contributed by atoms with van der Waals surface area (Å²) in [5.74, 6) is 0.733. The first-order valence-electron chi connectivity index (χ1n) is 4.91. The highest BCUT2D eigenvalue weighted by Crippen LogP contribution is 2.23. The van der Waals surface area contributed by atoms with E-state index in [-0.39, 0.29) is 11.7 Å². The molecule has 6 heteroatoms. The molecule has 0 atom stereocenters. The van der Waals surface area contributed by atoms with Gasteiger partial charge in [0.25, 0.3) is 0 Å². The van der Waals surface area contributed by atoms with Crippen molar-refractivity contribution in [1.82, 2.24) is 0 Å². The lowest BCUT2D eigenvalue weighted by Crippen LogP contribution is -2.17. The smallest absolute Gasteiger partial charge is 0.406 e. The van der Waals surface area contributed by atoms with E-state index in [9.17, 15) is 13.2 Å². The summed E-state index contributed by atoms with van der Waals surface area (Å²) in [4.78, 5) is 0. The average Bonchev–Trinajstić information content (AvgIpc) is 2.26. The molecule has 0 aliphatic heterocycles. The van der Waals surface area contributed by atoms with Gasteiger partial charge < -0.3 is 4.74 Å². The maximum absolute atomic E-state index is 11.9. The molecule has 0 amide bonds. The van der Waals surface area contributed by atoms with Crippen molar-refractivity contribution < 1.29 is 17.9 Å². The lowest BCUT2D eigenvalue weighted by Gasteiger charge is -2.11. The summed E-state index contributed by atoms with van der Waals surface area (Å²) < 4.78 is 39.5. The Kier molecular flexibility index (Phi) is 5.40. The number of alkyl halides is 5. The van der Waals surface area contributed by atoms with E-state index in [1.807, 2.05) is 0 Å². The van der Waals surface area contributed by atoms with Crippen LogP contribution in [0, 0.1) is 5.92 Å². The van der Waals surface area contributed by atoms with Crippen LogP contribution >= 0.6 is 23.2 Å². The van der Waals surface area contributed by atoms with E-state index < -0.39 is 6.36 Å². The third-order valence-corrected chi connectivity index (χ3v) is 2.99. The number of rotatable bonds is 5. The topological polar surface area (TPSA) is 9.23 Å². The zero-order valence-corrected chi connectivity index (χ0v) is 10.3. The lowest BCUT2D eigenvalue weighted by molar-refractivity contribution is -0.274. The minimum Gasteiger partial charge on any atom is -0.406 e. The maximum Gasteiger partial charge on any atom is 0.573 e. The van der Waals surface area contributed by atoms with E-state index in [0.29, 0.717) is 18.2 Å². The number of halogens is 5. The number of ether oxygens (including phenoxy) is 1. The van der Waals surface area contributed by atoms with Crippen molar-refractivity contribution in [3.63, 3.8) is 0 Å². The van der Waals surface area contributed by atoms with Crippen LogP contribution in [-0.2, 0) is 6.42 Å². The van der Waals surface area contributed by atoms with Gasteiger partial charge in [0.1, 0.15) is 5.75 Å². The van der Waals surface area contributed by atoms with Crippen LogP contribution in [-0.4, -0.2) is 18.1 Å². The Morgan fingerprint density at radius 3 is 2.00 bits per heavy atom. The second-order valence-corrected chi connectivity index (χ2v) is 4.19. The predicted octanol–water partition coefficient (Wildman–Crippen LogP) is 4.22. The van der Waals surface area contributed by atoms with Crippen LogP contribution in [0.1, 0.15) is 5.56 Å². The van der Waals surface area contributed by atoms with Gasteiger partial charge in [-0.2, -0.15) is 0 Å². The first kappa shape index (κ1) is 14.5. The van der Waals surface area contributed by atoms with E-state index in [4.69, 9.17) is 23.2 Å². The summed E-state index contributed by atoms with van der Waals surface area (Å²) >= 11 is 11.4. The summed E-state index contributed by atoms with van der Waals surface area (Å²) in [6, 6.07) is 5.71. The van der Waals surface area contributed by atoms with E-state index >= 15 is 0 Å². The standard InChI is InChI=1S/C11H11Cl2F3O/c12-6-9(7-13)5-8-1-3-10(4-2-8)17-11(14,15)16/h1-4,9H,5-7H2. The second-order valence-electron chi connectivity index (χ2n) is 3.57. The van der Waals surface area contributed by atoms with E-state index in [1.165, 1.54) is 12.1 Å². The number of hydrogen-bond acceptors (Lipinski definition) is 1. The van der Waals surface area contributed by atoms with Gasteiger partial charge in [-0.05, 0) is 30.0 Å². The molecule has 1 nitrogen and oxygen atoms in total. The molecule has 0 saturated carbocycles. The SMILES string of the molecule is FC(F)(F)Oc1ccc(CC(CCl)CCl)cc1. The molecule has 0 N–H and O–H groups in total. The molecule has 0 aromatic heterocycles. The van der Waals surface area contributed by atoms with Gasteiger partial charge >= 0.3 is 6.36 Å². The van der Waals surface area contributed by atoms with Crippen molar-refractivity contribution in [2.45, 2.75) is 12.8 Å². The second kappa shape index (κ2) is 6.36. The summed E-state index contributed by atoms with van der Waals surface area (Å²) in [6.07, 6.45) is -4.02. The molecular weight excluding hydrogens is 276 g/mol. The first-order chi connectivity index (χ1) is 7.94. The highest BCUT2D eigenvalue weighted by atomic mass is 35.5. The van der Waals surface area contributed by atoms with Crippen LogP contribution in [0.25, 0.3) is 0 Å². The van der Waals surface area contributed by atoms with Crippen molar-refractivity contribution in [2.24, 2.45) is 5.92 Å². The summed E-state index contributed by atoms with van der Waals surface area (Å²) in [6.45, 7) is 0. The average molecular weight is 287 g/mol. The van der Waals surface area contributed by atoms with Crippen molar-refractivity contribution in [3.8, 4) is 5.75 Å². The Bertz CT molecular complexity index is 334. The van der Waals surface area contributed by atoms with Crippen molar-refractivity contribution in [2.75, 3.05) is 11.8 Å². The molecule has 0 aliphatic carbocycles. The van der Waals surface area contributed by atoms with Crippen LogP contribution in [0.15, 0.2) is 24.3 Å². The van der Waals surface area contributed by atoms with E-state index in [2.05, 4.69) is 4.74 Å². The molecule has 0 aliphatic rings. The molecule has 1 aromatic rings. The molecule has 96 valence electrons. The third-order valence-electron chi connectivity index (χ3n) is 2.12. The Hall–Kier alpha value is -0.610. The highest BCUT2D eigenvalue weighted by molar-refractivity contribution is 6.20. The van der Waals surface area contributed by atoms with Gasteiger partial charge in [-0.1, -0.05) is 12.1 Å².